The van der Waals surface area contributed by atoms with E-state index in [2.05, 4.69) is 11.4 Å². The van der Waals surface area contributed by atoms with Gasteiger partial charge < -0.3 is 10.2 Å². The molecule has 0 unspecified atom stereocenters. The summed E-state index contributed by atoms with van der Waals surface area (Å²) in [6, 6.07) is 8.59. The molecular weight excluding hydrogens is 266 g/mol. The molecule has 0 spiro atoms. The van der Waals surface area contributed by atoms with Gasteiger partial charge in [0.25, 0.3) is 0 Å². The summed E-state index contributed by atoms with van der Waals surface area (Å²) in [7, 11) is 0. The molecule has 0 atom stereocenters. The van der Waals surface area contributed by atoms with E-state index in [1.54, 1.807) is 29.2 Å². The number of ketones is 1. The molecule has 2 amide bonds. The standard InChI is InChI=1S/C16H21N3O2/c1-12(2)11-19(10-4-9-17)16(21)18-15-7-5-14(6-8-15)13(3)20/h5-8,12H,4,10-11H2,1-3H3,(H,18,21). The van der Waals surface area contributed by atoms with Gasteiger partial charge in [0.15, 0.2) is 5.78 Å². The molecule has 0 aromatic heterocycles. The van der Waals surface area contributed by atoms with Crippen LogP contribution in [0.2, 0.25) is 0 Å². The Balaban J connectivity index is 2.71. The number of Topliss-reactive ketones (excluding diaryl/α,β-unsaturated/α-hetero) is 1. The number of carbonyl (C=O) groups is 2. The van der Waals surface area contributed by atoms with E-state index in [-0.39, 0.29) is 11.8 Å². The third-order valence-corrected chi connectivity index (χ3v) is 2.91. The van der Waals surface area contributed by atoms with Gasteiger partial charge in [0, 0.05) is 24.3 Å². The fraction of sp³-hybridized carbons (Fsp3) is 0.438. The highest BCUT2D eigenvalue weighted by Crippen LogP contribution is 2.12. The minimum absolute atomic E-state index is 0.0108. The van der Waals surface area contributed by atoms with Crippen LogP contribution in [0.15, 0.2) is 24.3 Å². The minimum Gasteiger partial charge on any atom is -0.323 e. The zero-order valence-corrected chi connectivity index (χ0v) is 12.7. The van der Waals surface area contributed by atoms with E-state index < -0.39 is 0 Å². The van der Waals surface area contributed by atoms with Crippen molar-refractivity contribution in [2.24, 2.45) is 5.92 Å². The molecule has 0 radical (unpaired) electrons. The summed E-state index contributed by atoms with van der Waals surface area (Å²) < 4.78 is 0. The second kappa shape index (κ2) is 8.05. The van der Waals surface area contributed by atoms with Crippen molar-refractivity contribution < 1.29 is 9.59 Å². The van der Waals surface area contributed by atoms with Gasteiger partial charge in [-0.1, -0.05) is 13.8 Å². The van der Waals surface area contributed by atoms with Gasteiger partial charge in [0.1, 0.15) is 0 Å². The van der Waals surface area contributed by atoms with E-state index in [4.69, 9.17) is 5.26 Å². The molecule has 1 aromatic rings. The molecule has 0 aliphatic heterocycles. The Kier molecular flexibility index (Phi) is 6.41. The summed E-state index contributed by atoms with van der Waals surface area (Å²) in [4.78, 5) is 25.0. The van der Waals surface area contributed by atoms with Gasteiger partial charge in [-0.2, -0.15) is 5.26 Å². The Morgan fingerprint density at radius 1 is 1.29 bits per heavy atom. The van der Waals surface area contributed by atoms with E-state index in [9.17, 15) is 9.59 Å². The lowest BCUT2D eigenvalue weighted by atomic mass is 10.1. The fourth-order valence-corrected chi connectivity index (χ4v) is 1.89. The molecule has 5 nitrogen and oxygen atoms in total. The van der Waals surface area contributed by atoms with Gasteiger partial charge in [0.2, 0.25) is 0 Å². The third-order valence-electron chi connectivity index (χ3n) is 2.91. The van der Waals surface area contributed by atoms with Crippen molar-refractivity contribution in [1.29, 1.82) is 5.26 Å². The monoisotopic (exact) mass is 287 g/mol. The second-order valence-corrected chi connectivity index (χ2v) is 5.31. The number of nitriles is 1. The number of rotatable bonds is 6. The number of hydrogen-bond acceptors (Lipinski definition) is 3. The molecule has 1 rings (SSSR count). The Bertz CT molecular complexity index is 529. The van der Waals surface area contributed by atoms with Gasteiger partial charge in [-0.05, 0) is 37.1 Å². The van der Waals surface area contributed by atoms with Crippen molar-refractivity contribution >= 4 is 17.5 Å². The van der Waals surface area contributed by atoms with Gasteiger partial charge in [-0.15, -0.1) is 0 Å². The number of nitrogens with zero attached hydrogens (tertiary/aromatic N) is 2. The average molecular weight is 287 g/mol. The number of anilines is 1. The van der Waals surface area contributed by atoms with Crippen LogP contribution in [0, 0.1) is 17.2 Å². The lowest BCUT2D eigenvalue weighted by Gasteiger charge is -2.24. The Morgan fingerprint density at radius 3 is 2.38 bits per heavy atom. The van der Waals surface area contributed by atoms with Crippen molar-refractivity contribution in [3.05, 3.63) is 29.8 Å². The lowest BCUT2D eigenvalue weighted by Crippen LogP contribution is -2.38. The molecule has 21 heavy (non-hydrogen) atoms. The summed E-state index contributed by atoms with van der Waals surface area (Å²) in [5.74, 6) is 0.317. The van der Waals surface area contributed by atoms with Crippen LogP contribution in [0.1, 0.15) is 37.6 Å². The summed E-state index contributed by atoms with van der Waals surface area (Å²) >= 11 is 0. The number of carbonyl (C=O) groups excluding carboxylic acids is 2. The summed E-state index contributed by atoms with van der Waals surface area (Å²) in [6.45, 7) is 6.55. The number of nitrogens with one attached hydrogen (secondary N) is 1. The zero-order chi connectivity index (χ0) is 15.8. The molecule has 0 fully saturated rings. The number of benzene rings is 1. The van der Waals surface area contributed by atoms with Gasteiger partial charge in [-0.3, -0.25) is 4.79 Å². The highest BCUT2D eigenvalue weighted by Gasteiger charge is 2.14. The van der Waals surface area contributed by atoms with Gasteiger partial charge >= 0.3 is 6.03 Å². The zero-order valence-electron chi connectivity index (χ0n) is 12.7. The first kappa shape index (κ1) is 16.7. The van der Waals surface area contributed by atoms with Crippen molar-refractivity contribution in [2.75, 3.05) is 18.4 Å². The first-order valence-electron chi connectivity index (χ1n) is 6.98. The molecule has 1 N–H and O–H groups in total. The van der Waals surface area contributed by atoms with Gasteiger partial charge in [-0.25, -0.2) is 4.79 Å². The SMILES string of the molecule is CC(=O)c1ccc(NC(=O)N(CCC#N)CC(C)C)cc1. The van der Waals surface area contributed by atoms with Gasteiger partial charge in [0.05, 0.1) is 12.5 Å². The molecule has 1 aromatic carbocycles. The maximum absolute atomic E-state index is 12.2. The van der Waals surface area contributed by atoms with E-state index >= 15 is 0 Å². The Hall–Kier alpha value is -2.35. The van der Waals surface area contributed by atoms with Crippen molar-refractivity contribution in [3.63, 3.8) is 0 Å². The smallest absolute Gasteiger partial charge is 0.321 e. The molecule has 5 heteroatoms. The van der Waals surface area contributed by atoms with Crippen LogP contribution >= 0.6 is 0 Å². The molecule has 0 saturated heterocycles. The number of hydrogen-bond donors (Lipinski definition) is 1. The van der Waals surface area contributed by atoms with E-state index in [1.165, 1.54) is 6.92 Å². The van der Waals surface area contributed by atoms with Crippen LogP contribution in [0.25, 0.3) is 0 Å². The summed E-state index contributed by atoms with van der Waals surface area (Å²) in [5, 5.41) is 11.5. The molecule has 0 saturated carbocycles. The van der Waals surface area contributed by atoms with Crippen LogP contribution in [-0.4, -0.2) is 29.8 Å². The Labute approximate surface area is 125 Å². The third kappa shape index (κ3) is 5.65. The molecule has 112 valence electrons. The average Bonchev–Trinajstić information content (AvgIpc) is 2.43. The predicted molar refractivity (Wildman–Crippen MR) is 82.1 cm³/mol. The highest BCUT2D eigenvalue weighted by atomic mass is 16.2. The minimum atomic E-state index is -0.227. The van der Waals surface area contributed by atoms with E-state index in [0.29, 0.717) is 36.7 Å². The van der Waals surface area contributed by atoms with Crippen molar-refractivity contribution in [2.45, 2.75) is 27.2 Å². The van der Waals surface area contributed by atoms with Crippen LogP contribution < -0.4 is 5.32 Å². The number of urea groups is 1. The fourth-order valence-electron chi connectivity index (χ4n) is 1.89. The lowest BCUT2D eigenvalue weighted by molar-refractivity contribution is 0.101. The normalized spacial score (nSPS) is 10.0. The van der Waals surface area contributed by atoms with Crippen LogP contribution in [-0.2, 0) is 0 Å². The molecule has 0 bridgehead atoms. The largest absolute Gasteiger partial charge is 0.323 e. The van der Waals surface area contributed by atoms with E-state index in [0.717, 1.165) is 0 Å². The topological polar surface area (TPSA) is 73.2 Å². The first-order valence-corrected chi connectivity index (χ1v) is 6.98. The number of amides is 2. The maximum atomic E-state index is 12.2. The van der Waals surface area contributed by atoms with Crippen molar-refractivity contribution in [1.82, 2.24) is 4.90 Å². The molecule has 0 heterocycles. The quantitative estimate of drug-likeness (QED) is 0.816. The second-order valence-electron chi connectivity index (χ2n) is 5.31. The van der Waals surface area contributed by atoms with Crippen LogP contribution in [0.5, 0.6) is 0 Å². The summed E-state index contributed by atoms with van der Waals surface area (Å²) in [6.07, 6.45) is 0.309. The molecule has 0 aliphatic carbocycles. The van der Waals surface area contributed by atoms with Crippen molar-refractivity contribution in [3.8, 4) is 6.07 Å². The maximum Gasteiger partial charge on any atom is 0.321 e. The highest BCUT2D eigenvalue weighted by molar-refractivity contribution is 5.95. The van der Waals surface area contributed by atoms with Crippen LogP contribution in [0.3, 0.4) is 0 Å². The Morgan fingerprint density at radius 2 is 1.90 bits per heavy atom. The first-order chi connectivity index (χ1) is 9.93. The summed E-state index contributed by atoms with van der Waals surface area (Å²) in [5.41, 5.74) is 1.24. The van der Waals surface area contributed by atoms with Crippen LogP contribution in [0.4, 0.5) is 10.5 Å². The van der Waals surface area contributed by atoms with E-state index in [1.807, 2.05) is 13.8 Å². The predicted octanol–water partition coefficient (Wildman–Crippen LogP) is 3.29. The molecule has 0 aliphatic rings. The molecular formula is C16H21N3O2.